The third kappa shape index (κ3) is 4.20. The van der Waals surface area contributed by atoms with Crippen molar-refractivity contribution in [3.8, 4) is 0 Å². The van der Waals surface area contributed by atoms with Gasteiger partial charge in [-0.15, -0.1) is 0 Å². The number of nitrogens with one attached hydrogen (secondary N) is 2. The molecule has 0 aliphatic carbocycles. The minimum Gasteiger partial charge on any atom is -0.354 e. The van der Waals surface area contributed by atoms with Crippen molar-refractivity contribution >= 4 is 34.7 Å². The van der Waals surface area contributed by atoms with Gasteiger partial charge in [0, 0.05) is 16.6 Å². The Hall–Kier alpha value is -2.07. The quantitative estimate of drug-likeness (QED) is 0.881. The largest absolute Gasteiger partial charge is 0.354 e. The fraction of sp³-hybridized carbons (Fsp3) is 0.250. The van der Waals surface area contributed by atoms with Crippen LogP contribution in [0.25, 0.3) is 0 Å². The lowest BCUT2D eigenvalue weighted by Crippen LogP contribution is -2.18. The van der Waals surface area contributed by atoms with Crippen molar-refractivity contribution < 1.29 is 4.79 Å². The molecule has 0 atom stereocenters. The molecular weight excluding hydrogens is 286 g/mol. The average Bonchev–Trinajstić information content (AvgIpc) is 2.45. The number of benzene rings is 1. The minimum absolute atomic E-state index is 0.0477. The number of aromatic nitrogens is 1. The van der Waals surface area contributed by atoms with Gasteiger partial charge in [-0.3, -0.25) is 4.79 Å². The van der Waals surface area contributed by atoms with E-state index in [9.17, 15) is 4.79 Å². The maximum atomic E-state index is 11.6. The molecule has 0 spiro atoms. The molecule has 2 aromatic rings. The molecule has 2 N–H and O–H groups in total. The molecule has 4 nitrogen and oxygen atoms in total. The van der Waals surface area contributed by atoms with E-state index >= 15 is 0 Å². The number of pyridine rings is 1. The molecule has 0 saturated carbocycles. The van der Waals surface area contributed by atoms with Crippen LogP contribution in [0.5, 0.6) is 0 Å². The highest BCUT2D eigenvalue weighted by Gasteiger charge is 2.07. The first kappa shape index (κ1) is 15.3. The summed E-state index contributed by atoms with van der Waals surface area (Å²) >= 11 is 6.09. The molecule has 2 rings (SSSR count). The van der Waals surface area contributed by atoms with E-state index in [2.05, 4.69) is 15.6 Å². The lowest BCUT2D eigenvalue weighted by molar-refractivity contribution is -0.118. The zero-order valence-electron chi connectivity index (χ0n) is 12.3. The molecule has 0 bridgehead atoms. The Bertz CT molecular complexity index is 638. The molecule has 0 saturated heterocycles. The van der Waals surface area contributed by atoms with E-state index in [0.717, 1.165) is 16.9 Å². The van der Waals surface area contributed by atoms with Crippen molar-refractivity contribution in [1.29, 1.82) is 0 Å². The number of carbonyl (C=O) groups excluding carboxylic acids is 1. The third-order valence-corrected chi connectivity index (χ3v) is 3.41. The van der Waals surface area contributed by atoms with Crippen molar-refractivity contribution in [2.45, 2.75) is 20.8 Å². The van der Waals surface area contributed by atoms with E-state index in [1.165, 1.54) is 0 Å². The number of rotatable bonds is 4. The van der Waals surface area contributed by atoms with Gasteiger partial charge in [0.25, 0.3) is 0 Å². The van der Waals surface area contributed by atoms with Crippen LogP contribution < -0.4 is 10.6 Å². The molecule has 0 aliphatic heterocycles. The Morgan fingerprint density at radius 2 is 1.90 bits per heavy atom. The van der Waals surface area contributed by atoms with E-state index in [4.69, 9.17) is 11.6 Å². The zero-order valence-corrected chi connectivity index (χ0v) is 13.0. The zero-order chi connectivity index (χ0) is 15.4. The van der Waals surface area contributed by atoms with Crippen LogP contribution in [0.1, 0.15) is 19.4 Å². The highest BCUT2D eigenvalue weighted by Crippen LogP contribution is 2.23. The van der Waals surface area contributed by atoms with Crippen LogP contribution in [0.2, 0.25) is 5.02 Å². The third-order valence-electron chi connectivity index (χ3n) is 3.00. The average molecular weight is 304 g/mol. The fourth-order valence-corrected chi connectivity index (χ4v) is 1.83. The van der Waals surface area contributed by atoms with Gasteiger partial charge in [-0.25, -0.2) is 4.98 Å². The first-order valence-electron chi connectivity index (χ1n) is 6.76. The van der Waals surface area contributed by atoms with Crippen molar-refractivity contribution in [2.75, 3.05) is 10.6 Å². The number of nitrogens with zero attached hydrogens (tertiary/aromatic N) is 1. The van der Waals surface area contributed by atoms with Crippen LogP contribution in [0, 0.1) is 12.8 Å². The van der Waals surface area contributed by atoms with E-state index < -0.39 is 0 Å². The second-order valence-electron chi connectivity index (χ2n) is 5.17. The van der Waals surface area contributed by atoms with Crippen LogP contribution in [-0.4, -0.2) is 10.9 Å². The van der Waals surface area contributed by atoms with Gasteiger partial charge in [0.2, 0.25) is 5.91 Å². The Labute approximate surface area is 129 Å². The number of halogens is 1. The predicted molar refractivity (Wildman–Crippen MR) is 87.2 cm³/mol. The summed E-state index contributed by atoms with van der Waals surface area (Å²) in [6.07, 6.45) is 1.67. The maximum absolute atomic E-state index is 11.6. The predicted octanol–water partition coefficient (Wildman–Crippen LogP) is 4.38. The Kier molecular flexibility index (Phi) is 4.81. The number of hydrogen-bond donors (Lipinski definition) is 2. The van der Waals surface area contributed by atoms with Crippen molar-refractivity contribution in [3.05, 3.63) is 47.1 Å². The number of aryl methyl sites for hydroxylation is 1. The highest BCUT2D eigenvalue weighted by molar-refractivity contribution is 6.31. The monoisotopic (exact) mass is 303 g/mol. The minimum atomic E-state index is -0.0701. The molecule has 1 aromatic heterocycles. The lowest BCUT2D eigenvalue weighted by atomic mass is 10.2. The van der Waals surface area contributed by atoms with Gasteiger partial charge in [0.1, 0.15) is 5.82 Å². The Morgan fingerprint density at radius 1 is 1.19 bits per heavy atom. The summed E-state index contributed by atoms with van der Waals surface area (Å²) in [5.41, 5.74) is 2.76. The molecule has 0 fully saturated rings. The number of carbonyl (C=O) groups is 1. The Morgan fingerprint density at radius 3 is 2.48 bits per heavy atom. The van der Waals surface area contributed by atoms with Crippen molar-refractivity contribution in [3.63, 3.8) is 0 Å². The molecule has 1 amide bonds. The van der Waals surface area contributed by atoms with E-state index in [-0.39, 0.29) is 11.8 Å². The van der Waals surface area contributed by atoms with Crippen LogP contribution in [-0.2, 0) is 4.79 Å². The second-order valence-corrected chi connectivity index (χ2v) is 5.57. The van der Waals surface area contributed by atoms with Gasteiger partial charge < -0.3 is 10.6 Å². The van der Waals surface area contributed by atoms with Gasteiger partial charge in [0.15, 0.2) is 0 Å². The molecule has 5 heteroatoms. The van der Waals surface area contributed by atoms with Gasteiger partial charge in [0.05, 0.1) is 11.9 Å². The van der Waals surface area contributed by atoms with Crippen molar-refractivity contribution in [1.82, 2.24) is 4.98 Å². The summed E-state index contributed by atoms with van der Waals surface area (Å²) < 4.78 is 0. The SMILES string of the molecule is Cc1ccc(Nc2ccc(NC(=O)C(C)C)nc2)cc1Cl. The molecule has 0 radical (unpaired) electrons. The van der Waals surface area contributed by atoms with Gasteiger partial charge >= 0.3 is 0 Å². The lowest BCUT2D eigenvalue weighted by Gasteiger charge is -2.10. The number of anilines is 3. The topological polar surface area (TPSA) is 54.0 Å². The van der Waals surface area contributed by atoms with Crippen LogP contribution in [0.4, 0.5) is 17.2 Å². The van der Waals surface area contributed by atoms with Crippen LogP contribution >= 0.6 is 11.6 Å². The standard InChI is InChI=1S/C16H18ClN3O/c1-10(2)16(21)20-15-7-6-13(9-18-15)19-12-5-4-11(3)14(17)8-12/h4-10,19H,1-3H3,(H,18,20,21). The summed E-state index contributed by atoms with van der Waals surface area (Å²) in [6, 6.07) is 9.39. The van der Waals surface area contributed by atoms with Crippen molar-refractivity contribution in [2.24, 2.45) is 5.92 Å². The van der Waals surface area contributed by atoms with E-state index in [0.29, 0.717) is 10.8 Å². The maximum Gasteiger partial charge on any atom is 0.228 e. The van der Waals surface area contributed by atoms with E-state index in [1.807, 2.05) is 45.0 Å². The van der Waals surface area contributed by atoms with Gasteiger partial charge in [-0.1, -0.05) is 31.5 Å². The van der Waals surface area contributed by atoms with Gasteiger partial charge in [-0.2, -0.15) is 0 Å². The first-order valence-corrected chi connectivity index (χ1v) is 7.13. The molecule has 1 aromatic carbocycles. The van der Waals surface area contributed by atoms with Gasteiger partial charge in [-0.05, 0) is 36.8 Å². The number of hydrogen-bond acceptors (Lipinski definition) is 3. The smallest absolute Gasteiger partial charge is 0.228 e. The number of amides is 1. The fourth-order valence-electron chi connectivity index (χ4n) is 1.65. The van der Waals surface area contributed by atoms with Crippen LogP contribution in [0.15, 0.2) is 36.5 Å². The Balaban J connectivity index is 2.05. The summed E-state index contributed by atoms with van der Waals surface area (Å²) in [5.74, 6) is 0.425. The molecular formula is C16H18ClN3O. The molecule has 0 aliphatic rings. The summed E-state index contributed by atoms with van der Waals surface area (Å²) in [7, 11) is 0. The molecule has 21 heavy (non-hydrogen) atoms. The second kappa shape index (κ2) is 6.59. The molecule has 0 unspecified atom stereocenters. The summed E-state index contributed by atoms with van der Waals surface area (Å²) in [5, 5.41) is 6.68. The highest BCUT2D eigenvalue weighted by atomic mass is 35.5. The molecule has 110 valence electrons. The molecule has 1 heterocycles. The van der Waals surface area contributed by atoms with E-state index in [1.54, 1.807) is 12.3 Å². The van der Waals surface area contributed by atoms with Crippen LogP contribution in [0.3, 0.4) is 0 Å². The summed E-state index contributed by atoms with van der Waals surface area (Å²) in [6.45, 7) is 5.64. The normalized spacial score (nSPS) is 10.5. The summed E-state index contributed by atoms with van der Waals surface area (Å²) in [4.78, 5) is 15.8. The first-order chi connectivity index (χ1) is 9.95.